The molecule has 32 heavy (non-hydrogen) atoms. The molecule has 0 bridgehead atoms. The summed E-state index contributed by atoms with van der Waals surface area (Å²) in [5, 5.41) is 1.82. The number of nitrogens with zero attached hydrogens (tertiary/aromatic N) is 3. The quantitative estimate of drug-likeness (QED) is 0.567. The number of methoxy groups -OCH3 is 1. The molecule has 1 aromatic heterocycles. The number of carbonyl (C=O) groups is 1. The molecule has 0 aliphatic carbocycles. The summed E-state index contributed by atoms with van der Waals surface area (Å²) in [7, 11) is 1.66. The van der Waals surface area contributed by atoms with Crippen LogP contribution in [0.25, 0.3) is 10.9 Å². The van der Waals surface area contributed by atoms with Crippen molar-refractivity contribution in [3.8, 4) is 11.5 Å². The summed E-state index contributed by atoms with van der Waals surface area (Å²) in [6, 6.07) is 11.8. The number of ether oxygens (including phenoxy) is 2. The van der Waals surface area contributed by atoms with Crippen LogP contribution >= 0.6 is 11.6 Å². The maximum Gasteiger partial charge on any atom is 0.260 e. The van der Waals surface area contributed by atoms with E-state index in [1.165, 1.54) is 0 Å². The van der Waals surface area contributed by atoms with Crippen molar-refractivity contribution in [2.24, 2.45) is 0 Å². The number of carbonyl (C=O) groups excluding carboxylic acids is 1. The Morgan fingerprint density at radius 3 is 2.38 bits per heavy atom. The lowest BCUT2D eigenvalue weighted by molar-refractivity contribution is -0.133. The van der Waals surface area contributed by atoms with Crippen LogP contribution in [0.5, 0.6) is 11.5 Å². The minimum absolute atomic E-state index is 0.0146. The zero-order chi connectivity index (χ0) is 22.8. The molecule has 1 fully saturated rings. The zero-order valence-electron chi connectivity index (χ0n) is 18.9. The number of fused-ring (bicyclic) bond motifs is 1. The van der Waals surface area contributed by atoms with E-state index >= 15 is 0 Å². The molecule has 168 valence electrons. The molecular weight excluding hydrogens is 426 g/mol. The number of halogens is 1. The summed E-state index contributed by atoms with van der Waals surface area (Å²) in [4.78, 5) is 21.6. The Balaban J connectivity index is 1.39. The fourth-order valence-corrected chi connectivity index (χ4v) is 4.22. The van der Waals surface area contributed by atoms with Crippen molar-refractivity contribution < 1.29 is 14.3 Å². The third-order valence-electron chi connectivity index (χ3n) is 5.94. The normalized spacial score (nSPS) is 14.0. The minimum atomic E-state index is -0.0146. The molecule has 0 atom stereocenters. The summed E-state index contributed by atoms with van der Waals surface area (Å²) in [6.07, 6.45) is 0. The van der Waals surface area contributed by atoms with Gasteiger partial charge < -0.3 is 19.3 Å². The number of aryl methyl sites for hydroxylation is 3. The van der Waals surface area contributed by atoms with Gasteiger partial charge in [0.1, 0.15) is 22.8 Å². The highest BCUT2D eigenvalue weighted by molar-refractivity contribution is 6.32. The predicted octanol–water partition coefficient (Wildman–Crippen LogP) is 4.55. The third kappa shape index (κ3) is 4.46. The molecule has 0 spiro atoms. The first-order chi connectivity index (χ1) is 15.4. The van der Waals surface area contributed by atoms with Crippen LogP contribution in [0.4, 0.5) is 5.82 Å². The van der Waals surface area contributed by atoms with Crippen LogP contribution in [-0.2, 0) is 4.79 Å². The number of para-hydroxylation sites is 1. The van der Waals surface area contributed by atoms with Gasteiger partial charge in [0.2, 0.25) is 0 Å². The summed E-state index contributed by atoms with van der Waals surface area (Å²) >= 11 is 6.21. The van der Waals surface area contributed by atoms with Gasteiger partial charge in [-0.25, -0.2) is 4.98 Å². The minimum Gasteiger partial charge on any atom is -0.494 e. The van der Waals surface area contributed by atoms with E-state index in [0.717, 1.165) is 57.3 Å². The molecule has 1 amide bonds. The van der Waals surface area contributed by atoms with Crippen molar-refractivity contribution in [2.45, 2.75) is 20.8 Å². The number of aromatic nitrogens is 1. The van der Waals surface area contributed by atoms with Crippen molar-refractivity contribution in [1.29, 1.82) is 0 Å². The van der Waals surface area contributed by atoms with Gasteiger partial charge in [-0.1, -0.05) is 23.7 Å². The smallest absolute Gasteiger partial charge is 0.260 e. The number of anilines is 1. The van der Waals surface area contributed by atoms with Crippen molar-refractivity contribution in [3.05, 3.63) is 58.1 Å². The summed E-state index contributed by atoms with van der Waals surface area (Å²) < 4.78 is 11.3. The van der Waals surface area contributed by atoms with Crippen LogP contribution in [0.1, 0.15) is 16.7 Å². The lowest BCUT2D eigenvalue weighted by atomic mass is 10.1. The monoisotopic (exact) mass is 453 g/mol. The largest absolute Gasteiger partial charge is 0.494 e. The van der Waals surface area contributed by atoms with Crippen molar-refractivity contribution >= 4 is 34.2 Å². The second-order valence-electron chi connectivity index (χ2n) is 8.18. The average Bonchev–Trinajstić information content (AvgIpc) is 2.80. The second kappa shape index (κ2) is 9.25. The Labute approximate surface area is 193 Å². The molecular formula is C25H28ClN3O3. The van der Waals surface area contributed by atoms with E-state index in [1.807, 2.05) is 43.0 Å². The predicted molar refractivity (Wildman–Crippen MR) is 128 cm³/mol. The van der Waals surface area contributed by atoms with Gasteiger partial charge in [0.15, 0.2) is 6.61 Å². The molecule has 1 aliphatic rings. The molecule has 1 aliphatic heterocycles. The van der Waals surface area contributed by atoms with E-state index in [4.69, 9.17) is 26.1 Å². The highest BCUT2D eigenvalue weighted by atomic mass is 35.5. The molecule has 2 heterocycles. The van der Waals surface area contributed by atoms with Gasteiger partial charge in [0, 0.05) is 36.6 Å². The molecule has 3 aromatic rings. The number of amides is 1. The first kappa shape index (κ1) is 22.2. The van der Waals surface area contributed by atoms with Crippen LogP contribution in [0.3, 0.4) is 0 Å². The van der Waals surface area contributed by atoms with Crippen LogP contribution in [0.15, 0.2) is 36.4 Å². The van der Waals surface area contributed by atoms with Gasteiger partial charge >= 0.3 is 0 Å². The van der Waals surface area contributed by atoms with Gasteiger partial charge in [-0.3, -0.25) is 4.79 Å². The van der Waals surface area contributed by atoms with Crippen molar-refractivity contribution in [2.75, 3.05) is 44.8 Å². The zero-order valence-corrected chi connectivity index (χ0v) is 19.7. The number of piperazine rings is 1. The standard InChI is InChI=1S/C25H28ClN3O3/c1-16-14-22(27-25-20(16)6-5-7-21(25)31-4)28-8-10-29(11-9-28)23(30)15-32-19-12-17(2)24(26)18(3)13-19/h5-7,12-14H,8-11,15H2,1-4H3. The molecule has 0 saturated carbocycles. The number of hydrogen-bond donors (Lipinski definition) is 0. The van der Waals surface area contributed by atoms with Crippen molar-refractivity contribution in [1.82, 2.24) is 9.88 Å². The van der Waals surface area contributed by atoms with E-state index in [0.29, 0.717) is 18.8 Å². The number of hydrogen-bond acceptors (Lipinski definition) is 5. The number of benzene rings is 2. The summed E-state index contributed by atoms with van der Waals surface area (Å²) in [5.41, 5.74) is 3.91. The second-order valence-corrected chi connectivity index (χ2v) is 8.56. The molecule has 1 saturated heterocycles. The van der Waals surface area contributed by atoms with E-state index in [2.05, 4.69) is 24.0 Å². The fourth-order valence-electron chi connectivity index (χ4n) is 4.11. The van der Waals surface area contributed by atoms with Gasteiger partial charge in [-0.05, 0) is 61.7 Å². The van der Waals surface area contributed by atoms with E-state index in [9.17, 15) is 4.79 Å². The Kier molecular flexibility index (Phi) is 6.42. The Bertz CT molecular complexity index is 1130. The van der Waals surface area contributed by atoms with E-state index in [1.54, 1.807) is 7.11 Å². The van der Waals surface area contributed by atoms with Gasteiger partial charge in [-0.15, -0.1) is 0 Å². The van der Waals surface area contributed by atoms with Crippen LogP contribution < -0.4 is 14.4 Å². The SMILES string of the molecule is COc1cccc2c(C)cc(N3CCN(C(=O)COc4cc(C)c(Cl)c(C)c4)CC3)nc12. The molecule has 4 rings (SSSR count). The first-order valence-corrected chi connectivity index (χ1v) is 11.1. The lowest BCUT2D eigenvalue weighted by Crippen LogP contribution is -2.50. The fraction of sp³-hybridized carbons (Fsp3) is 0.360. The molecule has 0 radical (unpaired) electrons. The molecule has 2 aromatic carbocycles. The highest BCUT2D eigenvalue weighted by Gasteiger charge is 2.23. The average molecular weight is 454 g/mol. The molecule has 7 heteroatoms. The van der Waals surface area contributed by atoms with Crippen LogP contribution in [-0.4, -0.2) is 55.7 Å². The van der Waals surface area contributed by atoms with Gasteiger partial charge in [0.25, 0.3) is 5.91 Å². The Morgan fingerprint density at radius 1 is 1.03 bits per heavy atom. The topological polar surface area (TPSA) is 54.9 Å². The van der Waals surface area contributed by atoms with E-state index < -0.39 is 0 Å². The third-order valence-corrected chi connectivity index (χ3v) is 6.54. The summed E-state index contributed by atoms with van der Waals surface area (Å²) in [5.74, 6) is 2.33. The van der Waals surface area contributed by atoms with Gasteiger partial charge in [-0.2, -0.15) is 0 Å². The number of pyridine rings is 1. The van der Waals surface area contributed by atoms with Crippen LogP contribution in [0.2, 0.25) is 5.02 Å². The molecule has 6 nitrogen and oxygen atoms in total. The van der Waals surface area contributed by atoms with Gasteiger partial charge in [0.05, 0.1) is 7.11 Å². The maximum absolute atomic E-state index is 12.7. The van der Waals surface area contributed by atoms with E-state index in [-0.39, 0.29) is 12.5 Å². The molecule has 0 unspecified atom stereocenters. The maximum atomic E-state index is 12.7. The Hall–Kier alpha value is -2.99. The first-order valence-electron chi connectivity index (χ1n) is 10.7. The lowest BCUT2D eigenvalue weighted by Gasteiger charge is -2.35. The van der Waals surface area contributed by atoms with Crippen molar-refractivity contribution in [3.63, 3.8) is 0 Å². The molecule has 0 N–H and O–H groups in total. The van der Waals surface area contributed by atoms with Crippen LogP contribution in [0, 0.1) is 20.8 Å². The number of rotatable bonds is 5. The highest BCUT2D eigenvalue weighted by Crippen LogP contribution is 2.30. The summed E-state index contributed by atoms with van der Waals surface area (Å²) in [6.45, 7) is 8.67. The Morgan fingerprint density at radius 2 is 1.72 bits per heavy atom.